The van der Waals surface area contributed by atoms with Crippen LogP contribution in [0.15, 0.2) is 64.4 Å². The normalized spacial score (nSPS) is 10.7. The number of hydrogen-bond donors (Lipinski definition) is 0. The Hall–Kier alpha value is -1.52. The molecule has 0 unspecified atom stereocenters. The monoisotopic (exact) mass is 486 g/mol. The average Bonchev–Trinajstić information content (AvgIpc) is 2.64. The van der Waals surface area contributed by atoms with Gasteiger partial charge in [0, 0.05) is 26.1 Å². The molecule has 0 saturated heterocycles. The lowest BCUT2D eigenvalue weighted by Gasteiger charge is -2.11. The Balaban J connectivity index is 2.12. The van der Waals surface area contributed by atoms with Gasteiger partial charge in [-0.2, -0.15) is 9.78 Å². The van der Waals surface area contributed by atoms with Gasteiger partial charge in [-0.15, -0.1) is 11.8 Å². The van der Waals surface area contributed by atoms with Crippen LogP contribution in [0.25, 0.3) is 16.8 Å². The first-order chi connectivity index (χ1) is 12.1. The van der Waals surface area contributed by atoms with Crippen LogP contribution in [0, 0.1) is 5.82 Å². The molecule has 0 spiro atoms. The third-order valence-corrected chi connectivity index (χ3v) is 5.03. The summed E-state index contributed by atoms with van der Waals surface area (Å²) in [5, 5.41) is 4.22. The molecule has 0 fully saturated rings. The Morgan fingerprint density at radius 1 is 1.12 bits per heavy atom. The summed E-state index contributed by atoms with van der Waals surface area (Å²) in [6.07, 6.45) is 3.59. The molecule has 0 radical (unpaired) electrons. The molecular formula is C17H12FIN2O2S2. The van der Waals surface area contributed by atoms with Crippen LogP contribution in [-0.4, -0.2) is 16.0 Å². The summed E-state index contributed by atoms with van der Waals surface area (Å²) in [5.74, 6) is -0.183. The fourth-order valence-electron chi connectivity index (χ4n) is 2.29. The summed E-state index contributed by atoms with van der Waals surface area (Å²) in [6, 6.07) is 13.4. The molecule has 8 heteroatoms. The summed E-state index contributed by atoms with van der Waals surface area (Å²) in [6.45, 7) is 0. The highest BCUT2D eigenvalue weighted by Gasteiger charge is 2.16. The van der Waals surface area contributed by atoms with E-state index >= 15 is 0 Å². The number of nitrogens with zero attached hydrogens (tertiary/aromatic N) is 2. The standard InChI is InChI=1S/C17H12FIN2O2S2/c1-24-14-8-2-11(3-9-14)15-10-20-21(17(22)16(15)23-25-19)13-6-4-12(18)5-7-13/h2-10H,1H3. The maximum Gasteiger partial charge on any atom is 0.316 e. The number of aromatic nitrogens is 2. The van der Waals surface area contributed by atoms with Crippen molar-refractivity contribution in [3.63, 3.8) is 0 Å². The van der Waals surface area contributed by atoms with Gasteiger partial charge < -0.3 is 4.18 Å². The predicted octanol–water partition coefficient (Wildman–Crippen LogP) is 5.14. The van der Waals surface area contributed by atoms with Crippen LogP contribution in [0.3, 0.4) is 0 Å². The Kier molecular flexibility index (Phi) is 6.02. The lowest BCUT2D eigenvalue weighted by Crippen LogP contribution is -2.22. The summed E-state index contributed by atoms with van der Waals surface area (Å²) in [4.78, 5) is 13.9. The van der Waals surface area contributed by atoms with Gasteiger partial charge in [-0.05, 0) is 48.2 Å². The van der Waals surface area contributed by atoms with E-state index in [0.29, 0.717) is 11.3 Å². The largest absolute Gasteiger partial charge is 0.408 e. The molecule has 2 aromatic carbocycles. The molecule has 3 rings (SSSR count). The third-order valence-electron chi connectivity index (χ3n) is 3.52. The van der Waals surface area contributed by atoms with E-state index in [-0.39, 0.29) is 11.6 Å². The predicted molar refractivity (Wildman–Crippen MR) is 109 cm³/mol. The van der Waals surface area contributed by atoms with Crippen molar-refractivity contribution in [2.75, 3.05) is 6.26 Å². The van der Waals surface area contributed by atoms with Gasteiger partial charge in [0.25, 0.3) is 0 Å². The van der Waals surface area contributed by atoms with Crippen molar-refractivity contribution in [2.45, 2.75) is 4.90 Å². The Labute approximate surface area is 164 Å². The minimum Gasteiger partial charge on any atom is -0.408 e. The molecule has 0 amide bonds. The molecule has 4 nitrogen and oxygen atoms in total. The van der Waals surface area contributed by atoms with Crippen molar-refractivity contribution < 1.29 is 8.57 Å². The molecule has 128 valence electrons. The quantitative estimate of drug-likeness (QED) is 0.284. The van der Waals surface area contributed by atoms with E-state index in [9.17, 15) is 9.18 Å². The first-order valence-corrected chi connectivity index (χ1v) is 11.6. The number of halogens is 2. The second kappa shape index (κ2) is 8.24. The minimum absolute atomic E-state index is 0.190. The first-order valence-electron chi connectivity index (χ1n) is 7.12. The molecule has 1 heterocycles. The van der Waals surface area contributed by atoms with Gasteiger partial charge in [-0.1, -0.05) is 12.1 Å². The maximum atomic E-state index is 13.1. The summed E-state index contributed by atoms with van der Waals surface area (Å²) in [5.41, 5.74) is 1.52. The molecule has 0 aliphatic heterocycles. The summed E-state index contributed by atoms with van der Waals surface area (Å²) in [7, 11) is 1.06. The van der Waals surface area contributed by atoms with E-state index in [1.54, 1.807) is 18.0 Å². The van der Waals surface area contributed by atoms with Crippen molar-refractivity contribution in [2.24, 2.45) is 0 Å². The second-order valence-electron chi connectivity index (χ2n) is 4.96. The molecular weight excluding hydrogens is 474 g/mol. The van der Waals surface area contributed by atoms with Gasteiger partial charge in [-0.3, -0.25) is 4.79 Å². The minimum atomic E-state index is -0.401. The average molecular weight is 486 g/mol. The van der Waals surface area contributed by atoms with E-state index < -0.39 is 5.56 Å². The topological polar surface area (TPSA) is 44.1 Å². The van der Waals surface area contributed by atoms with E-state index in [1.807, 2.05) is 51.7 Å². The highest BCUT2D eigenvalue weighted by Crippen LogP contribution is 2.31. The zero-order valence-corrected chi connectivity index (χ0v) is 16.8. The van der Waals surface area contributed by atoms with Gasteiger partial charge in [0.05, 0.1) is 17.4 Å². The highest BCUT2D eigenvalue weighted by molar-refractivity contribution is 14.2. The van der Waals surface area contributed by atoms with Crippen LogP contribution in [0.4, 0.5) is 4.39 Å². The van der Waals surface area contributed by atoms with Crippen molar-refractivity contribution in [1.29, 1.82) is 0 Å². The molecule has 0 aliphatic rings. The third kappa shape index (κ3) is 4.01. The number of benzene rings is 2. The maximum absolute atomic E-state index is 13.1. The van der Waals surface area contributed by atoms with Crippen molar-refractivity contribution in [3.8, 4) is 22.6 Å². The molecule has 0 atom stereocenters. The van der Waals surface area contributed by atoms with Crippen LogP contribution in [0.5, 0.6) is 5.75 Å². The molecule has 25 heavy (non-hydrogen) atoms. The fraction of sp³-hybridized carbons (Fsp3) is 0.0588. The van der Waals surface area contributed by atoms with Gasteiger partial charge >= 0.3 is 5.56 Å². The van der Waals surface area contributed by atoms with Gasteiger partial charge in [0.15, 0.2) is 0 Å². The van der Waals surface area contributed by atoms with Crippen molar-refractivity contribution in [1.82, 2.24) is 9.78 Å². The number of thioether (sulfide) groups is 1. The van der Waals surface area contributed by atoms with Crippen LogP contribution < -0.4 is 9.74 Å². The van der Waals surface area contributed by atoms with E-state index in [4.69, 9.17) is 4.18 Å². The smallest absolute Gasteiger partial charge is 0.316 e. The SMILES string of the molecule is CSc1ccc(-c2cnn(-c3ccc(F)cc3)c(=O)c2OSI)cc1. The molecule has 0 bridgehead atoms. The molecule has 1 aromatic heterocycles. The Morgan fingerprint density at radius 3 is 2.40 bits per heavy atom. The van der Waals surface area contributed by atoms with Crippen molar-refractivity contribution in [3.05, 3.63) is 70.9 Å². The Morgan fingerprint density at radius 2 is 1.80 bits per heavy atom. The lowest BCUT2D eigenvalue weighted by atomic mass is 10.1. The molecule has 0 N–H and O–H groups in total. The first kappa shape index (κ1) is 18.3. The zero-order valence-electron chi connectivity index (χ0n) is 13.0. The zero-order chi connectivity index (χ0) is 17.8. The summed E-state index contributed by atoms with van der Waals surface area (Å²) >= 11 is 3.60. The highest BCUT2D eigenvalue weighted by atomic mass is 127. The van der Waals surface area contributed by atoms with E-state index in [1.165, 1.54) is 28.9 Å². The van der Waals surface area contributed by atoms with Gasteiger partial charge in [-0.25, -0.2) is 4.39 Å². The van der Waals surface area contributed by atoms with Crippen LogP contribution in [0.2, 0.25) is 0 Å². The molecule has 0 saturated carbocycles. The Bertz CT molecular complexity index is 931. The molecule has 0 aliphatic carbocycles. The fourth-order valence-corrected chi connectivity index (χ4v) is 3.46. The molecule has 3 aromatic rings. The van der Waals surface area contributed by atoms with Crippen molar-refractivity contribution >= 4 is 42.2 Å². The van der Waals surface area contributed by atoms with E-state index in [0.717, 1.165) is 19.7 Å². The van der Waals surface area contributed by atoms with E-state index in [2.05, 4.69) is 5.10 Å². The van der Waals surface area contributed by atoms with Crippen LogP contribution >= 0.6 is 42.2 Å². The number of hydrogen-bond acceptors (Lipinski definition) is 5. The van der Waals surface area contributed by atoms with Gasteiger partial charge in [0.1, 0.15) is 15.0 Å². The summed E-state index contributed by atoms with van der Waals surface area (Å²) < 4.78 is 19.8. The van der Waals surface area contributed by atoms with Gasteiger partial charge in [0.2, 0.25) is 5.75 Å². The second-order valence-corrected chi connectivity index (χ2v) is 7.21. The lowest BCUT2D eigenvalue weighted by molar-refractivity contribution is 0.619. The van der Waals surface area contributed by atoms with Crippen LogP contribution in [0.1, 0.15) is 0 Å². The number of rotatable bonds is 5. The van der Waals surface area contributed by atoms with Crippen LogP contribution in [-0.2, 0) is 0 Å².